The lowest BCUT2D eigenvalue weighted by atomic mass is 10.0. The molecule has 1 N–H and O–H groups in total. The van der Waals surface area contributed by atoms with E-state index >= 15 is 0 Å². The van der Waals surface area contributed by atoms with Crippen LogP contribution in [0.5, 0.6) is 0 Å². The Morgan fingerprint density at radius 1 is 1.05 bits per heavy atom. The molecule has 1 atom stereocenters. The average Bonchev–Trinajstić information content (AvgIpc) is 2.78. The fraction of sp³-hybridized carbons (Fsp3) is 0.474. The molecule has 2 heteroatoms. The van der Waals surface area contributed by atoms with Crippen LogP contribution in [0.25, 0.3) is 10.8 Å². The Bertz CT molecular complexity index is 573. The van der Waals surface area contributed by atoms with Gasteiger partial charge in [-0.1, -0.05) is 49.4 Å². The van der Waals surface area contributed by atoms with Crippen LogP contribution in [0.4, 0.5) is 0 Å². The topological polar surface area (TPSA) is 15.3 Å². The van der Waals surface area contributed by atoms with E-state index in [0.717, 1.165) is 6.54 Å². The lowest BCUT2D eigenvalue weighted by Gasteiger charge is -2.19. The van der Waals surface area contributed by atoms with E-state index in [-0.39, 0.29) is 0 Å². The van der Waals surface area contributed by atoms with E-state index in [1.54, 1.807) is 0 Å². The molecule has 1 unspecified atom stereocenters. The van der Waals surface area contributed by atoms with Gasteiger partial charge in [0.15, 0.2) is 0 Å². The minimum Gasteiger partial charge on any atom is -0.310 e. The number of benzene rings is 2. The van der Waals surface area contributed by atoms with Crippen molar-refractivity contribution in [3.8, 4) is 0 Å². The summed E-state index contributed by atoms with van der Waals surface area (Å²) in [5.74, 6) is 0. The summed E-state index contributed by atoms with van der Waals surface area (Å²) < 4.78 is 0. The second-order valence-electron chi connectivity index (χ2n) is 6.08. The van der Waals surface area contributed by atoms with Gasteiger partial charge in [-0.3, -0.25) is 0 Å². The number of nitrogens with one attached hydrogen (secondary N) is 1. The number of rotatable bonds is 4. The van der Waals surface area contributed by atoms with E-state index in [2.05, 4.69) is 59.6 Å². The predicted octanol–water partition coefficient (Wildman–Crippen LogP) is 3.80. The van der Waals surface area contributed by atoms with Crippen molar-refractivity contribution in [2.24, 2.45) is 0 Å². The van der Waals surface area contributed by atoms with Crippen LogP contribution in [-0.2, 0) is 6.54 Å². The highest BCUT2D eigenvalue weighted by atomic mass is 15.1. The lowest BCUT2D eigenvalue weighted by molar-refractivity contribution is 0.297. The molecule has 1 aliphatic rings. The summed E-state index contributed by atoms with van der Waals surface area (Å²) in [6, 6.07) is 16.0. The molecule has 3 rings (SSSR count). The zero-order valence-corrected chi connectivity index (χ0v) is 13.0. The Kier molecular flexibility index (Phi) is 4.89. The van der Waals surface area contributed by atoms with Gasteiger partial charge in [0, 0.05) is 12.6 Å². The minimum absolute atomic E-state index is 0.667. The second-order valence-corrected chi connectivity index (χ2v) is 6.08. The Hall–Kier alpha value is -1.38. The maximum absolute atomic E-state index is 3.79. The van der Waals surface area contributed by atoms with Crippen molar-refractivity contribution < 1.29 is 0 Å². The highest BCUT2D eigenvalue weighted by molar-refractivity contribution is 5.85. The summed E-state index contributed by atoms with van der Waals surface area (Å²) in [7, 11) is 0. The van der Waals surface area contributed by atoms with Crippen LogP contribution >= 0.6 is 0 Å². The lowest BCUT2D eigenvalue weighted by Crippen LogP contribution is -2.30. The van der Waals surface area contributed by atoms with E-state index in [0.29, 0.717) is 6.04 Å². The van der Waals surface area contributed by atoms with Gasteiger partial charge in [0.2, 0.25) is 0 Å². The van der Waals surface area contributed by atoms with E-state index in [1.807, 2.05) is 0 Å². The largest absolute Gasteiger partial charge is 0.310 e. The summed E-state index contributed by atoms with van der Waals surface area (Å²) >= 11 is 0. The molecule has 0 amide bonds. The third kappa shape index (κ3) is 3.63. The first-order chi connectivity index (χ1) is 10.4. The van der Waals surface area contributed by atoms with Gasteiger partial charge in [-0.15, -0.1) is 0 Å². The van der Waals surface area contributed by atoms with Gasteiger partial charge >= 0.3 is 0 Å². The maximum Gasteiger partial charge on any atom is 0.0214 e. The molecule has 2 aromatic rings. The first kappa shape index (κ1) is 14.6. The number of hydrogen-bond acceptors (Lipinski definition) is 2. The fourth-order valence-corrected chi connectivity index (χ4v) is 3.38. The third-order valence-corrected chi connectivity index (χ3v) is 4.73. The molecular weight excluding hydrogens is 256 g/mol. The molecule has 21 heavy (non-hydrogen) atoms. The van der Waals surface area contributed by atoms with Crippen LogP contribution in [-0.4, -0.2) is 30.6 Å². The quantitative estimate of drug-likeness (QED) is 0.917. The molecule has 1 heterocycles. The summed E-state index contributed by atoms with van der Waals surface area (Å²) in [6.07, 6.45) is 3.90. The van der Waals surface area contributed by atoms with Crippen LogP contribution in [0.1, 0.15) is 31.7 Å². The third-order valence-electron chi connectivity index (χ3n) is 4.73. The van der Waals surface area contributed by atoms with E-state index in [9.17, 15) is 0 Å². The average molecular weight is 282 g/mol. The SMILES string of the molecule is CCN1CCCC(NCc2cccc3ccccc23)CC1. The minimum atomic E-state index is 0.667. The molecule has 2 nitrogen and oxygen atoms in total. The van der Waals surface area contributed by atoms with Crippen molar-refractivity contribution in [1.82, 2.24) is 10.2 Å². The zero-order valence-electron chi connectivity index (χ0n) is 13.0. The van der Waals surface area contributed by atoms with Crippen molar-refractivity contribution in [1.29, 1.82) is 0 Å². The van der Waals surface area contributed by atoms with Gasteiger partial charge in [0.25, 0.3) is 0 Å². The second kappa shape index (κ2) is 7.06. The zero-order chi connectivity index (χ0) is 14.5. The van der Waals surface area contributed by atoms with Crippen molar-refractivity contribution in [3.63, 3.8) is 0 Å². The van der Waals surface area contributed by atoms with Crippen LogP contribution in [0.3, 0.4) is 0 Å². The van der Waals surface area contributed by atoms with Crippen LogP contribution in [0, 0.1) is 0 Å². The summed E-state index contributed by atoms with van der Waals surface area (Å²) in [5, 5.41) is 6.52. The molecule has 1 aliphatic heterocycles. The standard InChI is InChI=1S/C19H26N2/c1-2-21-13-6-10-18(12-14-21)20-15-17-9-5-8-16-7-3-4-11-19(16)17/h3-5,7-9,11,18,20H,2,6,10,12-15H2,1H3. The first-order valence-corrected chi connectivity index (χ1v) is 8.29. The maximum atomic E-state index is 3.79. The van der Waals surface area contributed by atoms with Crippen molar-refractivity contribution >= 4 is 10.8 Å². The molecule has 2 aromatic carbocycles. The van der Waals surface area contributed by atoms with Crippen LogP contribution < -0.4 is 5.32 Å². The van der Waals surface area contributed by atoms with Gasteiger partial charge in [-0.25, -0.2) is 0 Å². The van der Waals surface area contributed by atoms with Crippen molar-refractivity contribution in [3.05, 3.63) is 48.0 Å². The van der Waals surface area contributed by atoms with Crippen molar-refractivity contribution in [2.75, 3.05) is 19.6 Å². The van der Waals surface area contributed by atoms with Gasteiger partial charge in [-0.05, 0) is 55.2 Å². The Balaban J connectivity index is 1.64. The van der Waals surface area contributed by atoms with Gasteiger partial charge in [0.1, 0.15) is 0 Å². The fourth-order valence-electron chi connectivity index (χ4n) is 3.38. The van der Waals surface area contributed by atoms with Crippen LogP contribution in [0.15, 0.2) is 42.5 Å². The molecule has 0 aliphatic carbocycles. The normalized spacial score (nSPS) is 20.5. The molecule has 0 saturated carbocycles. The number of fused-ring (bicyclic) bond motifs is 1. The molecule has 0 bridgehead atoms. The highest BCUT2D eigenvalue weighted by Gasteiger charge is 2.15. The molecule has 0 aromatic heterocycles. The summed E-state index contributed by atoms with van der Waals surface area (Å²) in [5.41, 5.74) is 1.42. The van der Waals surface area contributed by atoms with Crippen molar-refractivity contribution in [2.45, 2.75) is 38.8 Å². The summed E-state index contributed by atoms with van der Waals surface area (Å²) in [4.78, 5) is 2.57. The highest BCUT2D eigenvalue weighted by Crippen LogP contribution is 2.19. The molecule has 112 valence electrons. The monoisotopic (exact) mass is 282 g/mol. The molecule has 1 fully saturated rings. The van der Waals surface area contributed by atoms with E-state index < -0.39 is 0 Å². The molecule has 0 spiro atoms. The van der Waals surface area contributed by atoms with Gasteiger partial charge in [-0.2, -0.15) is 0 Å². The molecular formula is C19H26N2. The Morgan fingerprint density at radius 3 is 2.81 bits per heavy atom. The van der Waals surface area contributed by atoms with Gasteiger partial charge < -0.3 is 10.2 Å². The number of nitrogens with zero attached hydrogens (tertiary/aromatic N) is 1. The van der Waals surface area contributed by atoms with Gasteiger partial charge in [0.05, 0.1) is 0 Å². The molecule has 1 saturated heterocycles. The number of likely N-dealkylation sites (tertiary alicyclic amines) is 1. The smallest absolute Gasteiger partial charge is 0.0214 e. The number of hydrogen-bond donors (Lipinski definition) is 1. The predicted molar refractivity (Wildman–Crippen MR) is 90.5 cm³/mol. The Morgan fingerprint density at radius 2 is 1.90 bits per heavy atom. The summed E-state index contributed by atoms with van der Waals surface area (Å²) in [6.45, 7) is 6.95. The van der Waals surface area contributed by atoms with E-state index in [4.69, 9.17) is 0 Å². The van der Waals surface area contributed by atoms with Crippen LogP contribution in [0.2, 0.25) is 0 Å². The first-order valence-electron chi connectivity index (χ1n) is 8.29. The van der Waals surface area contributed by atoms with E-state index in [1.165, 1.54) is 55.2 Å². The Labute approximate surface area is 128 Å². The molecule has 0 radical (unpaired) electrons.